The molecule has 0 spiro atoms. The van der Waals surface area contributed by atoms with E-state index in [1.807, 2.05) is 54.7 Å². The second-order valence-electron chi connectivity index (χ2n) is 5.50. The zero-order valence-electron chi connectivity index (χ0n) is 13.2. The number of hydrogen-bond donors (Lipinski definition) is 0. The Morgan fingerprint density at radius 2 is 1.83 bits per heavy atom. The third-order valence-electron chi connectivity index (χ3n) is 3.63. The third kappa shape index (κ3) is 3.86. The third-order valence-corrected chi connectivity index (χ3v) is 3.63. The molecule has 3 rings (SSSR count). The summed E-state index contributed by atoms with van der Waals surface area (Å²) in [6, 6.07) is 20.4. The van der Waals surface area contributed by atoms with Crippen LogP contribution in [0, 0.1) is 6.92 Å². The lowest BCUT2D eigenvalue weighted by atomic mass is 10.0. The SMILES string of the molecule is C=Cc1cc(C)cc(-c2ccc(OCc3ccccc3)nc2)c1. The van der Waals surface area contributed by atoms with Gasteiger partial charge in [0, 0.05) is 17.8 Å². The molecule has 0 amide bonds. The van der Waals surface area contributed by atoms with E-state index in [2.05, 4.69) is 36.7 Å². The van der Waals surface area contributed by atoms with E-state index >= 15 is 0 Å². The summed E-state index contributed by atoms with van der Waals surface area (Å²) < 4.78 is 5.72. The molecule has 3 aromatic rings. The molecule has 114 valence electrons. The molecule has 0 aliphatic carbocycles. The van der Waals surface area contributed by atoms with Crippen molar-refractivity contribution in [1.82, 2.24) is 4.98 Å². The van der Waals surface area contributed by atoms with Crippen LogP contribution in [0.3, 0.4) is 0 Å². The van der Waals surface area contributed by atoms with Crippen LogP contribution in [0.25, 0.3) is 17.2 Å². The van der Waals surface area contributed by atoms with Gasteiger partial charge in [-0.1, -0.05) is 55.1 Å². The molecule has 0 N–H and O–H groups in total. The van der Waals surface area contributed by atoms with Crippen LogP contribution in [0.2, 0.25) is 0 Å². The van der Waals surface area contributed by atoms with Crippen molar-refractivity contribution in [2.24, 2.45) is 0 Å². The molecule has 0 saturated heterocycles. The van der Waals surface area contributed by atoms with Crippen LogP contribution in [0.4, 0.5) is 0 Å². The number of ether oxygens (including phenoxy) is 1. The zero-order chi connectivity index (χ0) is 16.1. The van der Waals surface area contributed by atoms with E-state index in [9.17, 15) is 0 Å². The van der Waals surface area contributed by atoms with Crippen molar-refractivity contribution >= 4 is 6.08 Å². The van der Waals surface area contributed by atoms with Gasteiger partial charge in [0.05, 0.1) is 0 Å². The Labute approximate surface area is 137 Å². The molecule has 0 atom stereocenters. The first-order valence-corrected chi connectivity index (χ1v) is 7.62. The highest BCUT2D eigenvalue weighted by Gasteiger charge is 2.03. The van der Waals surface area contributed by atoms with Crippen molar-refractivity contribution in [3.63, 3.8) is 0 Å². The van der Waals surface area contributed by atoms with Gasteiger partial charge >= 0.3 is 0 Å². The standard InChI is InChI=1S/C21H19NO/c1-3-17-11-16(2)12-20(13-17)19-9-10-21(22-14-19)23-15-18-7-5-4-6-8-18/h3-14H,1,15H2,2H3. The zero-order valence-corrected chi connectivity index (χ0v) is 13.2. The summed E-state index contributed by atoms with van der Waals surface area (Å²) in [5, 5.41) is 0. The van der Waals surface area contributed by atoms with E-state index in [-0.39, 0.29) is 0 Å². The van der Waals surface area contributed by atoms with Crippen molar-refractivity contribution in [2.75, 3.05) is 0 Å². The Kier molecular flexibility index (Phi) is 4.53. The van der Waals surface area contributed by atoms with Crippen molar-refractivity contribution < 1.29 is 4.74 Å². The Morgan fingerprint density at radius 3 is 2.52 bits per heavy atom. The van der Waals surface area contributed by atoms with Gasteiger partial charge in [0.2, 0.25) is 5.88 Å². The Balaban J connectivity index is 1.74. The van der Waals surface area contributed by atoms with Gasteiger partial charge < -0.3 is 4.74 Å². The Bertz CT molecular complexity index is 792. The summed E-state index contributed by atoms with van der Waals surface area (Å²) in [5.74, 6) is 0.634. The van der Waals surface area contributed by atoms with E-state index in [1.54, 1.807) is 0 Å². The summed E-state index contributed by atoms with van der Waals surface area (Å²) in [7, 11) is 0. The van der Waals surface area contributed by atoms with Crippen LogP contribution in [-0.2, 0) is 6.61 Å². The van der Waals surface area contributed by atoms with Gasteiger partial charge in [0.1, 0.15) is 6.61 Å². The van der Waals surface area contributed by atoms with Crippen LogP contribution >= 0.6 is 0 Å². The van der Waals surface area contributed by atoms with Crippen LogP contribution in [0.5, 0.6) is 5.88 Å². The highest BCUT2D eigenvalue weighted by Crippen LogP contribution is 2.23. The first kappa shape index (κ1) is 15.0. The lowest BCUT2D eigenvalue weighted by Gasteiger charge is -2.08. The summed E-state index contributed by atoms with van der Waals surface area (Å²) in [6.07, 6.45) is 3.71. The Morgan fingerprint density at radius 1 is 1.00 bits per heavy atom. The quantitative estimate of drug-likeness (QED) is 0.639. The first-order valence-electron chi connectivity index (χ1n) is 7.62. The second-order valence-corrected chi connectivity index (χ2v) is 5.50. The van der Waals surface area contributed by atoms with Crippen LogP contribution in [0.1, 0.15) is 16.7 Å². The van der Waals surface area contributed by atoms with Gasteiger partial charge in [-0.15, -0.1) is 0 Å². The molecule has 0 radical (unpaired) electrons. The number of aromatic nitrogens is 1. The molecule has 0 bridgehead atoms. The average molecular weight is 301 g/mol. The van der Waals surface area contributed by atoms with Gasteiger partial charge in [-0.25, -0.2) is 4.98 Å². The van der Waals surface area contributed by atoms with E-state index in [0.717, 1.165) is 22.3 Å². The average Bonchev–Trinajstić information content (AvgIpc) is 2.60. The van der Waals surface area contributed by atoms with Crippen molar-refractivity contribution in [3.05, 3.63) is 90.1 Å². The fraction of sp³-hybridized carbons (Fsp3) is 0.0952. The summed E-state index contributed by atoms with van der Waals surface area (Å²) in [6.45, 7) is 6.45. The molecule has 1 heterocycles. The lowest BCUT2D eigenvalue weighted by molar-refractivity contribution is 0.294. The van der Waals surface area contributed by atoms with Crippen molar-refractivity contribution in [1.29, 1.82) is 0 Å². The van der Waals surface area contributed by atoms with E-state index < -0.39 is 0 Å². The molecule has 2 nitrogen and oxygen atoms in total. The van der Waals surface area contributed by atoms with Gasteiger partial charge in [-0.05, 0) is 41.3 Å². The van der Waals surface area contributed by atoms with Crippen LogP contribution in [-0.4, -0.2) is 4.98 Å². The summed E-state index contributed by atoms with van der Waals surface area (Å²) in [4.78, 5) is 4.41. The normalized spacial score (nSPS) is 10.3. The minimum Gasteiger partial charge on any atom is -0.473 e. The number of hydrogen-bond acceptors (Lipinski definition) is 2. The van der Waals surface area contributed by atoms with E-state index in [4.69, 9.17) is 4.74 Å². The van der Waals surface area contributed by atoms with E-state index in [0.29, 0.717) is 12.5 Å². The number of rotatable bonds is 5. The number of pyridine rings is 1. The smallest absolute Gasteiger partial charge is 0.213 e. The molecule has 0 saturated carbocycles. The number of aryl methyl sites for hydroxylation is 1. The topological polar surface area (TPSA) is 22.1 Å². The fourth-order valence-corrected chi connectivity index (χ4v) is 2.47. The molecular weight excluding hydrogens is 282 g/mol. The Hall–Kier alpha value is -2.87. The fourth-order valence-electron chi connectivity index (χ4n) is 2.47. The highest BCUT2D eigenvalue weighted by molar-refractivity contribution is 5.67. The largest absolute Gasteiger partial charge is 0.473 e. The second kappa shape index (κ2) is 6.93. The monoisotopic (exact) mass is 301 g/mol. The molecule has 1 aromatic heterocycles. The molecule has 0 aliphatic rings. The molecular formula is C21H19NO. The van der Waals surface area contributed by atoms with Gasteiger partial charge in [-0.3, -0.25) is 0 Å². The molecule has 0 fully saturated rings. The summed E-state index contributed by atoms with van der Waals surface area (Å²) >= 11 is 0. The molecule has 2 heteroatoms. The number of benzene rings is 2. The minimum atomic E-state index is 0.526. The molecule has 0 unspecified atom stereocenters. The van der Waals surface area contributed by atoms with Gasteiger partial charge in [0.25, 0.3) is 0 Å². The predicted molar refractivity (Wildman–Crippen MR) is 95.3 cm³/mol. The van der Waals surface area contributed by atoms with Gasteiger partial charge in [-0.2, -0.15) is 0 Å². The first-order chi connectivity index (χ1) is 11.2. The maximum Gasteiger partial charge on any atom is 0.213 e. The summed E-state index contributed by atoms with van der Waals surface area (Å²) in [5.41, 5.74) is 5.67. The van der Waals surface area contributed by atoms with E-state index in [1.165, 1.54) is 5.56 Å². The minimum absolute atomic E-state index is 0.526. The van der Waals surface area contributed by atoms with Crippen LogP contribution in [0.15, 0.2) is 73.4 Å². The maximum atomic E-state index is 5.72. The molecule has 0 aliphatic heterocycles. The van der Waals surface area contributed by atoms with Crippen molar-refractivity contribution in [3.8, 4) is 17.0 Å². The number of nitrogens with zero attached hydrogens (tertiary/aromatic N) is 1. The lowest BCUT2D eigenvalue weighted by Crippen LogP contribution is -1.96. The van der Waals surface area contributed by atoms with Gasteiger partial charge in [0.15, 0.2) is 0 Å². The molecule has 23 heavy (non-hydrogen) atoms. The maximum absolute atomic E-state index is 5.72. The predicted octanol–water partition coefficient (Wildman–Crippen LogP) is 5.28. The molecule has 2 aromatic carbocycles. The van der Waals surface area contributed by atoms with Crippen LogP contribution < -0.4 is 4.74 Å². The highest BCUT2D eigenvalue weighted by atomic mass is 16.5. The van der Waals surface area contributed by atoms with Crippen molar-refractivity contribution in [2.45, 2.75) is 13.5 Å².